The van der Waals surface area contributed by atoms with Crippen molar-refractivity contribution in [3.05, 3.63) is 33.9 Å². The molecule has 2 rings (SSSR count). The van der Waals surface area contributed by atoms with Gasteiger partial charge in [-0.25, -0.2) is 4.79 Å². The maximum atomic E-state index is 12.2. The van der Waals surface area contributed by atoms with Crippen LogP contribution in [-0.4, -0.2) is 41.2 Å². The maximum absolute atomic E-state index is 12.2. The number of carbonyl (C=O) groups excluding carboxylic acids is 1. The SMILES string of the molecule is CC(C)(C)OC(=O)N1CCC(COc2cc([N+](=O)[O-])ccc2C(C)(C)C)C1. The van der Waals surface area contributed by atoms with Gasteiger partial charge in [0.1, 0.15) is 11.4 Å². The summed E-state index contributed by atoms with van der Waals surface area (Å²) >= 11 is 0. The first-order valence-corrected chi connectivity index (χ1v) is 9.26. The zero-order valence-electron chi connectivity index (χ0n) is 17.1. The molecule has 1 atom stereocenters. The molecule has 1 saturated heterocycles. The van der Waals surface area contributed by atoms with Gasteiger partial charge < -0.3 is 14.4 Å². The summed E-state index contributed by atoms with van der Waals surface area (Å²) in [4.78, 5) is 24.5. The summed E-state index contributed by atoms with van der Waals surface area (Å²) in [5, 5.41) is 11.1. The highest BCUT2D eigenvalue weighted by atomic mass is 16.6. The number of non-ortho nitro benzene ring substituents is 1. The Labute approximate surface area is 160 Å². The van der Waals surface area contributed by atoms with E-state index in [1.54, 1.807) is 11.0 Å². The van der Waals surface area contributed by atoms with Crippen LogP contribution >= 0.6 is 0 Å². The van der Waals surface area contributed by atoms with Crippen molar-refractivity contribution in [2.75, 3.05) is 19.7 Å². The van der Waals surface area contributed by atoms with Gasteiger partial charge in [0.2, 0.25) is 0 Å². The quantitative estimate of drug-likeness (QED) is 0.568. The number of likely N-dealkylation sites (tertiary alicyclic amines) is 1. The Kier molecular flexibility index (Phi) is 6.02. The van der Waals surface area contributed by atoms with Crippen LogP contribution in [-0.2, 0) is 10.2 Å². The number of hydrogen-bond acceptors (Lipinski definition) is 5. The molecule has 1 fully saturated rings. The van der Waals surface area contributed by atoms with Crippen molar-refractivity contribution in [2.24, 2.45) is 5.92 Å². The molecule has 1 unspecified atom stereocenters. The van der Waals surface area contributed by atoms with Crippen LogP contribution in [0.5, 0.6) is 5.75 Å². The second kappa shape index (κ2) is 7.74. The molecule has 1 aromatic carbocycles. The molecule has 150 valence electrons. The van der Waals surface area contributed by atoms with E-state index in [0.29, 0.717) is 25.4 Å². The second-order valence-electron chi connectivity index (χ2n) is 9.08. The van der Waals surface area contributed by atoms with Crippen molar-refractivity contribution in [3.8, 4) is 5.75 Å². The number of amides is 1. The molecule has 0 bridgehead atoms. The molecule has 1 heterocycles. The number of ether oxygens (including phenoxy) is 2. The highest BCUT2D eigenvalue weighted by Crippen LogP contribution is 2.34. The van der Waals surface area contributed by atoms with Crippen LogP contribution in [0.1, 0.15) is 53.5 Å². The molecule has 7 nitrogen and oxygen atoms in total. The number of nitro benzene ring substituents is 1. The number of nitro groups is 1. The second-order valence-corrected chi connectivity index (χ2v) is 9.08. The predicted molar refractivity (Wildman–Crippen MR) is 103 cm³/mol. The zero-order valence-corrected chi connectivity index (χ0v) is 17.1. The van der Waals surface area contributed by atoms with E-state index in [2.05, 4.69) is 0 Å². The van der Waals surface area contributed by atoms with Crippen LogP contribution in [0.3, 0.4) is 0 Å². The fourth-order valence-electron chi connectivity index (χ4n) is 3.03. The molecule has 0 saturated carbocycles. The topological polar surface area (TPSA) is 81.9 Å². The van der Waals surface area contributed by atoms with Crippen LogP contribution in [0.4, 0.5) is 10.5 Å². The van der Waals surface area contributed by atoms with Gasteiger partial charge in [-0.2, -0.15) is 0 Å². The third-order valence-electron chi connectivity index (χ3n) is 4.40. The lowest BCUT2D eigenvalue weighted by atomic mass is 9.86. The largest absolute Gasteiger partial charge is 0.493 e. The molecule has 1 aliphatic heterocycles. The summed E-state index contributed by atoms with van der Waals surface area (Å²) in [5.74, 6) is 0.706. The third-order valence-corrected chi connectivity index (χ3v) is 4.40. The summed E-state index contributed by atoms with van der Waals surface area (Å²) in [6.07, 6.45) is 0.509. The standard InChI is InChI=1S/C20H30N2O5/c1-19(2,3)16-8-7-15(22(24)25)11-17(16)26-13-14-9-10-21(12-14)18(23)27-20(4,5)6/h7-8,11,14H,9-10,12-13H2,1-6H3. The Morgan fingerprint density at radius 1 is 1.26 bits per heavy atom. The number of rotatable bonds is 4. The minimum Gasteiger partial charge on any atom is -0.493 e. The Morgan fingerprint density at radius 3 is 2.48 bits per heavy atom. The third kappa shape index (κ3) is 5.84. The lowest BCUT2D eigenvalue weighted by molar-refractivity contribution is -0.385. The minimum absolute atomic E-state index is 0.0137. The number of benzene rings is 1. The molecule has 0 spiro atoms. The summed E-state index contributed by atoms with van der Waals surface area (Å²) in [5.41, 5.74) is 0.230. The molecule has 1 aromatic rings. The first kappa shape index (κ1) is 21.0. The van der Waals surface area contributed by atoms with E-state index in [4.69, 9.17) is 9.47 Å². The Morgan fingerprint density at radius 2 is 1.93 bits per heavy atom. The Balaban J connectivity index is 2.03. The van der Waals surface area contributed by atoms with Gasteiger partial charge in [-0.05, 0) is 44.2 Å². The Hall–Kier alpha value is -2.31. The molecule has 1 amide bonds. The van der Waals surface area contributed by atoms with E-state index in [1.807, 2.05) is 41.5 Å². The first-order chi connectivity index (χ1) is 12.4. The van der Waals surface area contributed by atoms with Gasteiger partial charge in [-0.15, -0.1) is 0 Å². The molecule has 1 aliphatic rings. The molecule has 0 aliphatic carbocycles. The van der Waals surface area contributed by atoms with Gasteiger partial charge >= 0.3 is 6.09 Å². The molecule has 0 N–H and O–H groups in total. The summed E-state index contributed by atoms with van der Waals surface area (Å²) in [7, 11) is 0. The van der Waals surface area contributed by atoms with Gasteiger partial charge in [0, 0.05) is 25.1 Å². The number of carbonyl (C=O) groups is 1. The lowest BCUT2D eigenvalue weighted by Gasteiger charge is -2.25. The van der Waals surface area contributed by atoms with Crippen molar-refractivity contribution in [1.82, 2.24) is 4.90 Å². The van der Waals surface area contributed by atoms with Crippen molar-refractivity contribution in [1.29, 1.82) is 0 Å². The van der Waals surface area contributed by atoms with E-state index in [0.717, 1.165) is 12.0 Å². The van der Waals surface area contributed by atoms with Crippen LogP contribution in [0, 0.1) is 16.0 Å². The van der Waals surface area contributed by atoms with Gasteiger partial charge in [-0.3, -0.25) is 10.1 Å². The van der Waals surface area contributed by atoms with E-state index in [-0.39, 0.29) is 23.1 Å². The van der Waals surface area contributed by atoms with Crippen molar-refractivity contribution in [2.45, 2.75) is 59.0 Å². The minimum atomic E-state index is -0.518. The van der Waals surface area contributed by atoms with Crippen molar-refractivity contribution < 1.29 is 19.2 Å². The molecular formula is C20H30N2O5. The summed E-state index contributed by atoms with van der Waals surface area (Å²) in [6, 6.07) is 4.75. The maximum Gasteiger partial charge on any atom is 0.410 e. The van der Waals surface area contributed by atoms with Gasteiger partial charge in [0.25, 0.3) is 5.69 Å². The van der Waals surface area contributed by atoms with Crippen molar-refractivity contribution in [3.63, 3.8) is 0 Å². The van der Waals surface area contributed by atoms with Crippen LogP contribution in [0.15, 0.2) is 18.2 Å². The predicted octanol–water partition coefficient (Wildman–Crippen LogP) is 4.53. The average molecular weight is 378 g/mol. The monoisotopic (exact) mass is 378 g/mol. The van der Waals surface area contributed by atoms with E-state index >= 15 is 0 Å². The number of nitrogens with zero attached hydrogens (tertiary/aromatic N) is 2. The van der Waals surface area contributed by atoms with E-state index < -0.39 is 10.5 Å². The van der Waals surface area contributed by atoms with Gasteiger partial charge in [0.15, 0.2) is 0 Å². The van der Waals surface area contributed by atoms with E-state index in [1.165, 1.54) is 12.1 Å². The fraction of sp³-hybridized carbons (Fsp3) is 0.650. The van der Waals surface area contributed by atoms with Crippen molar-refractivity contribution >= 4 is 11.8 Å². The van der Waals surface area contributed by atoms with Gasteiger partial charge in [-0.1, -0.05) is 20.8 Å². The Bertz CT molecular complexity index is 703. The summed E-state index contributed by atoms with van der Waals surface area (Å²) < 4.78 is 11.4. The molecule has 7 heteroatoms. The molecule has 0 aromatic heterocycles. The first-order valence-electron chi connectivity index (χ1n) is 9.26. The zero-order chi connectivity index (χ0) is 20.4. The fourth-order valence-corrected chi connectivity index (χ4v) is 3.03. The van der Waals surface area contributed by atoms with Crippen LogP contribution in [0.25, 0.3) is 0 Å². The highest BCUT2D eigenvalue weighted by molar-refractivity contribution is 5.68. The highest BCUT2D eigenvalue weighted by Gasteiger charge is 2.30. The molecular weight excluding hydrogens is 348 g/mol. The van der Waals surface area contributed by atoms with Gasteiger partial charge in [0.05, 0.1) is 17.6 Å². The smallest absolute Gasteiger partial charge is 0.410 e. The summed E-state index contributed by atoms with van der Waals surface area (Å²) in [6.45, 7) is 13.3. The lowest BCUT2D eigenvalue weighted by Crippen LogP contribution is -2.35. The van der Waals surface area contributed by atoms with E-state index in [9.17, 15) is 14.9 Å². The molecule has 0 radical (unpaired) electrons. The van der Waals surface area contributed by atoms with Crippen LogP contribution in [0.2, 0.25) is 0 Å². The molecule has 27 heavy (non-hydrogen) atoms. The average Bonchev–Trinajstić information content (AvgIpc) is 2.99. The normalized spacial score (nSPS) is 17.7. The van der Waals surface area contributed by atoms with Crippen LogP contribution < -0.4 is 4.74 Å². The number of hydrogen-bond donors (Lipinski definition) is 0.